The zero-order chi connectivity index (χ0) is 10.8. The van der Waals surface area contributed by atoms with E-state index in [9.17, 15) is 4.79 Å². The average molecular weight is 224 g/mol. The lowest BCUT2D eigenvalue weighted by molar-refractivity contribution is 0.0527. The van der Waals surface area contributed by atoms with Crippen LogP contribution in [0.5, 0.6) is 0 Å². The maximum Gasteiger partial charge on any atom is 0.339 e. The summed E-state index contributed by atoms with van der Waals surface area (Å²) in [4.78, 5) is 14.5. The molecule has 0 aliphatic carbocycles. The van der Waals surface area contributed by atoms with Gasteiger partial charge in [0, 0.05) is 17.1 Å². The van der Waals surface area contributed by atoms with E-state index in [1.165, 1.54) is 0 Å². The van der Waals surface area contributed by atoms with Gasteiger partial charge in [0.2, 0.25) is 0 Å². The Morgan fingerprint density at radius 3 is 3.00 bits per heavy atom. The second kappa shape index (κ2) is 3.95. The Balaban J connectivity index is 2.52. The van der Waals surface area contributed by atoms with E-state index in [2.05, 4.69) is 4.98 Å². The van der Waals surface area contributed by atoms with Gasteiger partial charge in [-0.2, -0.15) is 0 Å². The summed E-state index contributed by atoms with van der Waals surface area (Å²) in [5, 5.41) is 1.27. The number of ether oxygens (including phenoxy) is 1. The minimum absolute atomic E-state index is 0.348. The Kier molecular flexibility index (Phi) is 2.64. The first-order valence-electron chi connectivity index (χ1n) is 4.66. The molecule has 0 spiro atoms. The first-order valence-corrected chi connectivity index (χ1v) is 5.04. The fraction of sp³-hybridized carbons (Fsp3) is 0.182. The van der Waals surface area contributed by atoms with Crippen LogP contribution in [0.1, 0.15) is 17.3 Å². The number of carbonyl (C=O) groups excluding carboxylic acids is 1. The number of aromatic amines is 1. The first kappa shape index (κ1) is 10.1. The summed E-state index contributed by atoms with van der Waals surface area (Å²) in [6, 6.07) is 5.31. The molecule has 0 saturated carbocycles. The van der Waals surface area contributed by atoms with Crippen LogP contribution in [0.3, 0.4) is 0 Å². The maximum absolute atomic E-state index is 11.5. The quantitative estimate of drug-likeness (QED) is 0.796. The molecule has 0 fully saturated rings. The molecule has 0 atom stereocenters. The predicted molar refractivity (Wildman–Crippen MR) is 59.3 cm³/mol. The minimum atomic E-state index is -0.384. The number of hydrogen-bond acceptors (Lipinski definition) is 2. The molecule has 78 valence electrons. The summed E-state index contributed by atoms with van der Waals surface area (Å²) in [7, 11) is 0. The number of fused-ring (bicyclic) bond motifs is 1. The van der Waals surface area contributed by atoms with E-state index in [0.29, 0.717) is 17.2 Å². The molecule has 1 aromatic heterocycles. The van der Waals surface area contributed by atoms with Crippen molar-refractivity contribution in [2.75, 3.05) is 6.61 Å². The Hall–Kier alpha value is -1.48. The lowest BCUT2D eigenvalue weighted by Gasteiger charge is -2.04. The molecule has 0 radical (unpaired) electrons. The highest BCUT2D eigenvalue weighted by atomic mass is 35.5. The number of carbonyl (C=O) groups is 1. The van der Waals surface area contributed by atoms with Crippen LogP contribution in [0.15, 0.2) is 24.4 Å². The highest BCUT2D eigenvalue weighted by Gasteiger charge is 2.13. The molecule has 1 N–H and O–H groups in total. The van der Waals surface area contributed by atoms with Gasteiger partial charge in [0.15, 0.2) is 0 Å². The van der Waals surface area contributed by atoms with Gasteiger partial charge >= 0.3 is 5.97 Å². The molecular formula is C11H10ClNO2. The van der Waals surface area contributed by atoms with E-state index in [1.807, 2.05) is 12.1 Å². The molecule has 0 aliphatic rings. The molecular weight excluding hydrogens is 214 g/mol. The molecule has 1 aromatic carbocycles. The molecule has 0 saturated heterocycles. The van der Waals surface area contributed by atoms with Crippen LogP contribution in [0, 0.1) is 0 Å². The van der Waals surface area contributed by atoms with Gasteiger partial charge in [-0.05, 0) is 25.1 Å². The third-order valence-electron chi connectivity index (χ3n) is 2.16. The second-order valence-corrected chi connectivity index (χ2v) is 3.46. The van der Waals surface area contributed by atoms with Crippen molar-refractivity contribution in [2.24, 2.45) is 0 Å². The van der Waals surface area contributed by atoms with Gasteiger partial charge in [-0.15, -0.1) is 0 Å². The van der Waals surface area contributed by atoms with Crippen molar-refractivity contribution in [1.82, 2.24) is 4.98 Å². The lowest BCUT2D eigenvalue weighted by Crippen LogP contribution is -2.05. The van der Waals surface area contributed by atoms with Crippen molar-refractivity contribution in [1.29, 1.82) is 0 Å². The van der Waals surface area contributed by atoms with Crippen molar-refractivity contribution in [2.45, 2.75) is 6.92 Å². The van der Waals surface area contributed by atoms with E-state index in [4.69, 9.17) is 16.3 Å². The summed E-state index contributed by atoms with van der Waals surface area (Å²) in [6.45, 7) is 2.11. The number of H-pyrrole nitrogens is 1. The predicted octanol–water partition coefficient (Wildman–Crippen LogP) is 3.00. The number of rotatable bonds is 2. The number of esters is 1. The van der Waals surface area contributed by atoms with Crippen molar-refractivity contribution in [3.05, 3.63) is 35.0 Å². The molecule has 0 unspecified atom stereocenters. The number of nitrogens with one attached hydrogen (secondary N) is 1. The Morgan fingerprint density at radius 2 is 2.27 bits per heavy atom. The molecule has 0 amide bonds. The highest BCUT2D eigenvalue weighted by Crippen LogP contribution is 2.27. The van der Waals surface area contributed by atoms with Gasteiger partial charge in [0.05, 0.1) is 17.2 Å². The van der Waals surface area contributed by atoms with Gasteiger partial charge in [0.1, 0.15) is 0 Å². The number of aromatic nitrogens is 1. The molecule has 1 heterocycles. The fourth-order valence-electron chi connectivity index (χ4n) is 1.46. The van der Waals surface area contributed by atoms with Crippen molar-refractivity contribution < 1.29 is 9.53 Å². The summed E-state index contributed by atoms with van der Waals surface area (Å²) in [5.74, 6) is -0.384. The molecule has 0 aliphatic heterocycles. The van der Waals surface area contributed by atoms with E-state index >= 15 is 0 Å². The topological polar surface area (TPSA) is 42.1 Å². The maximum atomic E-state index is 11.5. The SMILES string of the molecule is CCOC(=O)c1ccc2[nH]ccc2c1Cl. The molecule has 0 bridgehead atoms. The summed E-state index contributed by atoms with van der Waals surface area (Å²) < 4.78 is 4.90. The molecule has 2 rings (SSSR count). The van der Waals surface area contributed by atoms with Crippen LogP contribution in [-0.4, -0.2) is 17.6 Å². The van der Waals surface area contributed by atoms with Crippen molar-refractivity contribution >= 4 is 28.5 Å². The van der Waals surface area contributed by atoms with E-state index in [-0.39, 0.29) is 5.97 Å². The van der Waals surface area contributed by atoms with Crippen LogP contribution < -0.4 is 0 Å². The van der Waals surface area contributed by atoms with Gasteiger partial charge in [-0.25, -0.2) is 4.79 Å². The monoisotopic (exact) mass is 223 g/mol. The van der Waals surface area contributed by atoms with Crippen molar-refractivity contribution in [3.8, 4) is 0 Å². The molecule has 2 aromatic rings. The van der Waals surface area contributed by atoms with E-state index in [1.54, 1.807) is 19.2 Å². The van der Waals surface area contributed by atoms with Crippen LogP contribution in [0.25, 0.3) is 10.9 Å². The molecule has 15 heavy (non-hydrogen) atoms. The molecule has 4 heteroatoms. The van der Waals surface area contributed by atoms with Crippen LogP contribution in [0.2, 0.25) is 5.02 Å². The minimum Gasteiger partial charge on any atom is -0.462 e. The zero-order valence-corrected chi connectivity index (χ0v) is 8.97. The Bertz CT molecular complexity index is 504. The van der Waals surface area contributed by atoms with Gasteiger partial charge in [-0.1, -0.05) is 11.6 Å². The summed E-state index contributed by atoms with van der Waals surface area (Å²) >= 11 is 6.09. The normalized spacial score (nSPS) is 10.5. The highest BCUT2D eigenvalue weighted by molar-refractivity contribution is 6.38. The van der Waals surface area contributed by atoms with Gasteiger partial charge in [0.25, 0.3) is 0 Å². The van der Waals surface area contributed by atoms with E-state index in [0.717, 1.165) is 10.9 Å². The zero-order valence-electron chi connectivity index (χ0n) is 8.21. The van der Waals surface area contributed by atoms with Crippen LogP contribution >= 0.6 is 11.6 Å². The second-order valence-electron chi connectivity index (χ2n) is 3.09. The fourth-order valence-corrected chi connectivity index (χ4v) is 1.77. The number of hydrogen-bond donors (Lipinski definition) is 1. The summed E-state index contributed by atoms with van der Waals surface area (Å²) in [5.41, 5.74) is 1.32. The largest absolute Gasteiger partial charge is 0.462 e. The summed E-state index contributed by atoms with van der Waals surface area (Å²) in [6.07, 6.45) is 1.78. The van der Waals surface area contributed by atoms with Gasteiger partial charge in [-0.3, -0.25) is 0 Å². The standard InChI is InChI=1S/C11H10ClNO2/c1-2-15-11(14)8-3-4-9-7(10(8)12)5-6-13-9/h3-6,13H,2H2,1H3. The van der Waals surface area contributed by atoms with Gasteiger partial charge < -0.3 is 9.72 Å². The number of halogens is 1. The first-order chi connectivity index (χ1) is 7.24. The van der Waals surface area contributed by atoms with Crippen LogP contribution in [-0.2, 0) is 4.74 Å². The third-order valence-corrected chi connectivity index (χ3v) is 2.57. The smallest absolute Gasteiger partial charge is 0.339 e. The molecule has 3 nitrogen and oxygen atoms in total. The third kappa shape index (κ3) is 1.70. The van der Waals surface area contributed by atoms with Crippen molar-refractivity contribution in [3.63, 3.8) is 0 Å². The van der Waals surface area contributed by atoms with E-state index < -0.39 is 0 Å². The Labute approximate surface area is 92.0 Å². The van der Waals surface area contributed by atoms with Crippen LogP contribution in [0.4, 0.5) is 0 Å². The Morgan fingerprint density at radius 1 is 1.47 bits per heavy atom. The lowest BCUT2D eigenvalue weighted by atomic mass is 10.1. The average Bonchev–Trinajstić information content (AvgIpc) is 2.67. The number of benzene rings is 1.